The summed E-state index contributed by atoms with van der Waals surface area (Å²) in [5.74, 6) is 2.26. The zero-order valence-corrected chi connectivity index (χ0v) is 16.0. The number of aromatic nitrogens is 3. The number of likely N-dealkylation sites (tertiary alicyclic amines) is 1. The summed E-state index contributed by atoms with van der Waals surface area (Å²) in [7, 11) is 0. The van der Waals surface area contributed by atoms with Crippen LogP contribution in [0.15, 0.2) is 36.5 Å². The lowest BCUT2D eigenvalue weighted by Crippen LogP contribution is -2.38. The third-order valence-corrected chi connectivity index (χ3v) is 5.95. The summed E-state index contributed by atoms with van der Waals surface area (Å²) in [4.78, 5) is 28.5. The molecule has 2 aliphatic rings. The average Bonchev–Trinajstić information content (AvgIpc) is 3.30. The second kappa shape index (κ2) is 8.12. The number of carbonyl (C=O) groups is 2. The first kappa shape index (κ1) is 18.0. The Balaban J connectivity index is 1.34. The van der Waals surface area contributed by atoms with Crippen LogP contribution in [0.2, 0.25) is 0 Å². The van der Waals surface area contributed by atoms with Crippen molar-refractivity contribution in [2.75, 3.05) is 31.1 Å². The molecule has 2 aliphatic heterocycles. The van der Waals surface area contributed by atoms with Gasteiger partial charge in [-0.3, -0.25) is 14.3 Å². The van der Waals surface area contributed by atoms with Gasteiger partial charge >= 0.3 is 0 Å². The van der Waals surface area contributed by atoms with Gasteiger partial charge < -0.3 is 9.80 Å². The van der Waals surface area contributed by atoms with Crippen LogP contribution in [0.25, 0.3) is 0 Å². The molecule has 142 valence electrons. The maximum Gasteiger partial charge on any atom is 0.276 e. The second-order valence-corrected chi connectivity index (χ2v) is 8.29. The predicted octanol–water partition coefficient (Wildman–Crippen LogP) is 1.52. The van der Waals surface area contributed by atoms with Crippen molar-refractivity contribution in [2.24, 2.45) is 5.92 Å². The summed E-state index contributed by atoms with van der Waals surface area (Å²) in [6.07, 6.45) is 2.23. The number of nitrogens with zero attached hydrogens (tertiary/aromatic N) is 5. The first-order valence-corrected chi connectivity index (χ1v) is 10.4. The monoisotopic (exact) mass is 385 g/mol. The van der Waals surface area contributed by atoms with Gasteiger partial charge in [0.2, 0.25) is 5.91 Å². The fraction of sp³-hybridized carbons (Fsp3) is 0.474. The fourth-order valence-electron chi connectivity index (χ4n) is 3.61. The molecule has 1 aromatic carbocycles. The smallest absolute Gasteiger partial charge is 0.276 e. The van der Waals surface area contributed by atoms with Crippen LogP contribution >= 0.6 is 11.8 Å². The number of thioether (sulfide) groups is 1. The Morgan fingerprint density at radius 1 is 1.19 bits per heavy atom. The SMILES string of the molecule is O=C1CC(Cn2cc(C(=O)N3CCSCC3)nn2)CN1Cc1ccccc1. The number of hydrogen-bond donors (Lipinski definition) is 0. The fourth-order valence-corrected chi connectivity index (χ4v) is 4.51. The van der Waals surface area contributed by atoms with E-state index in [0.29, 0.717) is 31.7 Å². The Labute approximate surface area is 162 Å². The van der Waals surface area contributed by atoms with Crippen LogP contribution in [0, 0.1) is 5.92 Å². The van der Waals surface area contributed by atoms with E-state index in [9.17, 15) is 9.59 Å². The van der Waals surface area contributed by atoms with E-state index in [0.717, 1.165) is 30.2 Å². The number of hydrogen-bond acceptors (Lipinski definition) is 5. The third kappa shape index (κ3) is 4.32. The van der Waals surface area contributed by atoms with Crippen LogP contribution in [0.4, 0.5) is 0 Å². The molecule has 4 rings (SSSR count). The maximum atomic E-state index is 12.5. The van der Waals surface area contributed by atoms with Crippen LogP contribution in [-0.2, 0) is 17.9 Å². The van der Waals surface area contributed by atoms with Gasteiger partial charge in [0.1, 0.15) is 0 Å². The molecule has 0 bridgehead atoms. The highest BCUT2D eigenvalue weighted by atomic mass is 32.2. The highest BCUT2D eigenvalue weighted by Gasteiger charge is 2.30. The Kier molecular flexibility index (Phi) is 5.42. The van der Waals surface area contributed by atoms with Gasteiger partial charge in [-0.25, -0.2) is 0 Å². The first-order valence-electron chi connectivity index (χ1n) is 9.28. The van der Waals surface area contributed by atoms with E-state index in [2.05, 4.69) is 10.3 Å². The molecular weight excluding hydrogens is 362 g/mol. The van der Waals surface area contributed by atoms with E-state index >= 15 is 0 Å². The summed E-state index contributed by atoms with van der Waals surface area (Å²) >= 11 is 1.87. The molecule has 1 unspecified atom stereocenters. The van der Waals surface area contributed by atoms with Gasteiger partial charge in [0.05, 0.1) is 6.20 Å². The van der Waals surface area contributed by atoms with E-state index < -0.39 is 0 Å². The normalized spacial score (nSPS) is 20.3. The molecule has 0 N–H and O–H groups in total. The molecule has 1 aromatic heterocycles. The summed E-state index contributed by atoms with van der Waals surface area (Å²) in [6.45, 7) is 3.49. The highest BCUT2D eigenvalue weighted by molar-refractivity contribution is 7.99. The van der Waals surface area contributed by atoms with Crippen LogP contribution in [-0.4, -0.2) is 67.7 Å². The number of benzene rings is 1. The third-order valence-electron chi connectivity index (χ3n) is 5.01. The van der Waals surface area contributed by atoms with E-state index in [1.165, 1.54) is 0 Å². The van der Waals surface area contributed by atoms with Crippen molar-refractivity contribution in [1.82, 2.24) is 24.8 Å². The van der Waals surface area contributed by atoms with Crippen LogP contribution in [0.3, 0.4) is 0 Å². The van der Waals surface area contributed by atoms with Crippen LogP contribution < -0.4 is 0 Å². The van der Waals surface area contributed by atoms with Crippen LogP contribution in [0.5, 0.6) is 0 Å². The number of carbonyl (C=O) groups excluding carboxylic acids is 2. The van der Waals surface area contributed by atoms with Crippen molar-refractivity contribution in [3.05, 3.63) is 47.8 Å². The molecule has 1 atom stereocenters. The van der Waals surface area contributed by atoms with Crippen molar-refractivity contribution < 1.29 is 9.59 Å². The molecule has 2 fully saturated rings. The van der Waals surface area contributed by atoms with Gasteiger partial charge in [-0.2, -0.15) is 11.8 Å². The molecule has 0 aliphatic carbocycles. The van der Waals surface area contributed by atoms with Gasteiger partial charge in [0.15, 0.2) is 5.69 Å². The van der Waals surface area contributed by atoms with Crippen molar-refractivity contribution in [3.8, 4) is 0 Å². The van der Waals surface area contributed by atoms with Crippen LogP contribution in [0.1, 0.15) is 22.5 Å². The quantitative estimate of drug-likeness (QED) is 0.780. The van der Waals surface area contributed by atoms with E-state index in [1.807, 2.05) is 51.9 Å². The number of amides is 2. The molecule has 2 saturated heterocycles. The zero-order chi connectivity index (χ0) is 18.6. The van der Waals surface area contributed by atoms with Crippen molar-refractivity contribution >= 4 is 23.6 Å². The second-order valence-electron chi connectivity index (χ2n) is 7.06. The summed E-state index contributed by atoms with van der Waals surface area (Å²) in [5.41, 5.74) is 1.53. The van der Waals surface area contributed by atoms with Gasteiger partial charge in [0.25, 0.3) is 5.91 Å². The Bertz CT molecular complexity index is 803. The standard InChI is InChI=1S/C19H23N5O2S/c25-18-10-16(12-23(18)11-15-4-2-1-3-5-15)13-24-14-17(20-21-24)19(26)22-6-8-27-9-7-22/h1-5,14,16H,6-13H2. The minimum Gasteiger partial charge on any atom is -0.338 e. The Morgan fingerprint density at radius 2 is 1.96 bits per heavy atom. The molecule has 7 nitrogen and oxygen atoms in total. The van der Waals surface area contributed by atoms with Gasteiger partial charge in [-0.05, 0) is 5.56 Å². The highest BCUT2D eigenvalue weighted by Crippen LogP contribution is 2.21. The predicted molar refractivity (Wildman–Crippen MR) is 103 cm³/mol. The molecule has 0 saturated carbocycles. The van der Waals surface area contributed by atoms with Gasteiger partial charge in [0, 0.05) is 56.6 Å². The minimum absolute atomic E-state index is 0.0465. The topological polar surface area (TPSA) is 71.3 Å². The molecule has 0 radical (unpaired) electrons. The largest absolute Gasteiger partial charge is 0.338 e. The first-order chi connectivity index (χ1) is 13.2. The summed E-state index contributed by atoms with van der Waals surface area (Å²) in [5, 5.41) is 8.17. The molecule has 2 aromatic rings. The lowest BCUT2D eigenvalue weighted by atomic mass is 10.1. The zero-order valence-electron chi connectivity index (χ0n) is 15.2. The van der Waals surface area contributed by atoms with Gasteiger partial charge in [-0.15, -0.1) is 5.10 Å². The van der Waals surface area contributed by atoms with Crippen molar-refractivity contribution in [3.63, 3.8) is 0 Å². The minimum atomic E-state index is -0.0465. The average molecular weight is 385 g/mol. The Hall–Kier alpha value is -2.35. The summed E-state index contributed by atoms with van der Waals surface area (Å²) < 4.78 is 1.70. The molecule has 0 spiro atoms. The summed E-state index contributed by atoms with van der Waals surface area (Å²) in [6, 6.07) is 10.0. The molecule has 2 amide bonds. The van der Waals surface area contributed by atoms with E-state index in [-0.39, 0.29) is 17.7 Å². The van der Waals surface area contributed by atoms with E-state index in [4.69, 9.17) is 0 Å². The molecule has 27 heavy (non-hydrogen) atoms. The van der Waals surface area contributed by atoms with Gasteiger partial charge in [-0.1, -0.05) is 35.5 Å². The van der Waals surface area contributed by atoms with Crippen molar-refractivity contribution in [2.45, 2.75) is 19.5 Å². The van der Waals surface area contributed by atoms with Crippen molar-refractivity contribution in [1.29, 1.82) is 0 Å². The van der Waals surface area contributed by atoms with E-state index in [1.54, 1.807) is 10.9 Å². The lowest BCUT2D eigenvalue weighted by molar-refractivity contribution is -0.128. The molecule has 8 heteroatoms. The molecular formula is C19H23N5O2S. The lowest BCUT2D eigenvalue weighted by Gasteiger charge is -2.25. The Morgan fingerprint density at radius 3 is 2.74 bits per heavy atom. The number of rotatable bonds is 5. The maximum absolute atomic E-state index is 12.5. The molecule has 3 heterocycles.